The van der Waals surface area contributed by atoms with E-state index in [0.29, 0.717) is 23.7 Å². The molecule has 0 spiro atoms. The number of pyridine rings is 1. The lowest BCUT2D eigenvalue weighted by Crippen LogP contribution is -2.01. The van der Waals surface area contributed by atoms with Crippen LogP contribution in [0.25, 0.3) is 0 Å². The average molecular weight is 163 g/mol. The lowest BCUT2D eigenvalue weighted by molar-refractivity contribution is 0.413. The highest BCUT2D eigenvalue weighted by atomic mass is 16.5. The monoisotopic (exact) mass is 163 g/mol. The second kappa shape index (κ2) is 3.69. The van der Waals surface area contributed by atoms with E-state index in [9.17, 15) is 0 Å². The topological polar surface area (TPSA) is 71.9 Å². The molecule has 0 fully saturated rings. The van der Waals surface area contributed by atoms with E-state index in [0.717, 1.165) is 0 Å². The lowest BCUT2D eigenvalue weighted by atomic mass is 10.3. The summed E-state index contributed by atoms with van der Waals surface area (Å²) in [6.07, 6.45) is 0. The summed E-state index contributed by atoms with van der Waals surface area (Å²) in [6.45, 7) is 0.311. The van der Waals surface area contributed by atoms with Gasteiger partial charge in [-0.3, -0.25) is 0 Å². The number of ether oxygens (including phenoxy) is 1. The summed E-state index contributed by atoms with van der Waals surface area (Å²) in [6, 6.07) is 5.21. The summed E-state index contributed by atoms with van der Waals surface area (Å²) in [5, 5.41) is 8.57. The van der Waals surface area contributed by atoms with Crippen LogP contribution in [0.15, 0.2) is 12.1 Å². The average Bonchev–Trinajstić information content (AvgIpc) is 2.16. The van der Waals surface area contributed by atoms with Gasteiger partial charge in [-0.05, 0) is 0 Å². The first-order valence-electron chi connectivity index (χ1n) is 3.45. The van der Waals surface area contributed by atoms with Gasteiger partial charge in [-0.25, -0.2) is 4.98 Å². The first-order chi connectivity index (χ1) is 5.80. The van der Waals surface area contributed by atoms with Gasteiger partial charge in [-0.1, -0.05) is 0 Å². The summed E-state index contributed by atoms with van der Waals surface area (Å²) in [4.78, 5) is 3.95. The highest BCUT2D eigenvalue weighted by Crippen LogP contribution is 2.12. The molecule has 0 unspecified atom stereocenters. The van der Waals surface area contributed by atoms with Gasteiger partial charge in [0.25, 0.3) is 0 Å². The SMILES string of the molecule is COc1cc(C#N)nc(CN)c1. The van der Waals surface area contributed by atoms with Crippen molar-refractivity contribution in [1.82, 2.24) is 4.98 Å². The normalized spacial score (nSPS) is 9.08. The Morgan fingerprint density at radius 1 is 1.67 bits per heavy atom. The number of nitrogens with zero attached hydrogens (tertiary/aromatic N) is 2. The van der Waals surface area contributed by atoms with Crippen molar-refractivity contribution in [3.63, 3.8) is 0 Å². The Kier molecular flexibility index (Phi) is 2.62. The molecule has 4 nitrogen and oxygen atoms in total. The van der Waals surface area contributed by atoms with Crippen LogP contribution >= 0.6 is 0 Å². The maximum atomic E-state index is 8.57. The standard InChI is InChI=1S/C8H9N3O/c1-12-8-2-6(4-9)11-7(3-8)5-10/h2-3H,4,9H2,1H3. The Bertz CT molecular complexity index is 294. The summed E-state index contributed by atoms with van der Waals surface area (Å²) >= 11 is 0. The molecular formula is C8H9N3O. The van der Waals surface area contributed by atoms with E-state index in [4.69, 9.17) is 15.7 Å². The van der Waals surface area contributed by atoms with Crippen LogP contribution in [-0.4, -0.2) is 12.1 Å². The van der Waals surface area contributed by atoms with Crippen molar-refractivity contribution in [1.29, 1.82) is 5.26 Å². The third-order valence-electron chi connectivity index (χ3n) is 1.41. The van der Waals surface area contributed by atoms with Crippen molar-refractivity contribution >= 4 is 0 Å². The zero-order valence-corrected chi connectivity index (χ0v) is 6.74. The second-order valence-electron chi connectivity index (χ2n) is 2.20. The van der Waals surface area contributed by atoms with E-state index in [1.165, 1.54) is 7.11 Å². The predicted octanol–water partition coefficient (Wildman–Crippen LogP) is 0.421. The smallest absolute Gasteiger partial charge is 0.144 e. The van der Waals surface area contributed by atoms with E-state index < -0.39 is 0 Å². The van der Waals surface area contributed by atoms with Crippen molar-refractivity contribution in [3.8, 4) is 11.8 Å². The minimum atomic E-state index is 0.311. The number of hydrogen-bond donors (Lipinski definition) is 1. The molecule has 1 aromatic rings. The molecule has 0 saturated heterocycles. The first kappa shape index (κ1) is 8.50. The zero-order chi connectivity index (χ0) is 8.97. The second-order valence-corrected chi connectivity index (χ2v) is 2.20. The summed E-state index contributed by atoms with van der Waals surface area (Å²) in [7, 11) is 1.54. The summed E-state index contributed by atoms with van der Waals surface area (Å²) < 4.78 is 4.95. The molecular weight excluding hydrogens is 154 g/mol. The highest BCUT2D eigenvalue weighted by molar-refractivity contribution is 5.33. The van der Waals surface area contributed by atoms with Crippen molar-refractivity contribution in [2.45, 2.75) is 6.54 Å². The Balaban J connectivity index is 3.12. The van der Waals surface area contributed by atoms with Gasteiger partial charge >= 0.3 is 0 Å². The Hall–Kier alpha value is -1.60. The van der Waals surface area contributed by atoms with Gasteiger partial charge in [-0.15, -0.1) is 0 Å². The molecule has 0 aliphatic heterocycles. The highest BCUT2D eigenvalue weighted by Gasteiger charge is 2.00. The third kappa shape index (κ3) is 1.71. The van der Waals surface area contributed by atoms with Gasteiger partial charge in [0.2, 0.25) is 0 Å². The number of nitriles is 1. The molecule has 1 heterocycles. The summed E-state index contributed by atoms with van der Waals surface area (Å²) in [5.41, 5.74) is 6.36. The molecule has 1 aromatic heterocycles. The van der Waals surface area contributed by atoms with E-state index >= 15 is 0 Å². The fourth-order valence-electron chi connectivity index (χ4n) is 0.840. The molecule has 62 valence electrons. The summed E-state index contributed by atoms with van der Waals surface area (Å²) in [5.74, 6) is 0.613. The van der Waals surface area contributed by atoms with Crippen molar-refractivity contribution < 1.29 is 4.74 Å². The van der Waals surface area contributed by atoms with Crippen molar-refractivity contribution in [2.24, 2.45) is 5.73 Å². The molecule has 0 aliphatic rings. The number of rotatable bonds is 2. The Morgan fingerprint density at radius 2 is 2.42 bits per heavy atom. The molecule has 2 N–H and O–H groups in total. The van der Waals surface area contributed by atoms with Crippen LogP contribution in [0, 0.1) is 11.3 Å². The quantitative estimate of drug-likeness (QED) is 0.685. The largest absolute Gasteiger partial charge is 0.497 e. The van der Waals surface area contributed by atoms with E-state index in [1.807, 2.05) is 6.07 Å². The maximum Gasteiger partial charge on any atom is 0.144 e. The molecule has 0 aliphatic carbocycles. The van der Waals surface area contributed by atoms with Crippen LogP contribution in [0.2, 0.25) is 0 Å². The minimum absolute atomic E-state index is 0.311. The van der Waals surface area contributed by atoms with Crippen LogP contribution in [0.1, 0.15) is 11.4 Å². The van der Waals surface area contributed by atoms with Gasteiger partial charge in [0.05, 0.1) is 12.8 Å². The molecule has 0 saturated carbocycles. The van der Waals surface area contributed by atoms with Crippen LogP contribution < -0.4 is 10.5 Å². The molecule has 0 amide bonds. The molecule has 1 rings (SSSR count). The van der Waals surface area contributed by atoms with Gasteiger partial charge in [0, 0.05) is 18.7 Å². The Labute approximate surface area is 70.6 Å². The third-order valence-corrected chi connectivity index (χ3v) is 1.41. The fourth-order valence-corrected chi connectivity index (χ4v) is 0.840. The van der Waals surface area contributed by atoms with Gasteiger partial charge < -0.3 is 10.5 Å². The van der Waals surface area contributed by atoms with Crippen LogP contribution in [0.5, 0.6) is 5.75 Å². The maximum absolute atomic E-state index is 8.57. The first-order valence-corrected chi connectivity index (χ1v) is 3.45. The van der Waals surface area contributed by atoms with Crippen LogP contribution in [0.4, 0.5) is 0 Å². The molecule has 0 radical (unpaired) electrons. The van der Waals surface area contributed by atoms with Crippen molar-refractivity contribution in [3.05, 3.63) is 23.5 Å². The van der Waals surface area contributed by atoms with Gasteiger partial charge in [0.15, 0.2) is 0 Å². The molecule has 12 heavy (non-hydrogen) atoms. The zero-order valence-electron chi connectivity index (χ0n) is 6.74. The Morgan fingerprint density at radius 3 is 2.92 bits per heavy atom. The molecule has 0 aromatic carbocycles. The number of methoxy groups -OCH3 is 1. The van der Waals surface area contributed by atoms with E-state index in [-0.39, 0.29) is 0 Å². The number of nitrogens with two attached hydrogens (primary N) is 1. The number of hydrogen-bond acceptors (Lipinski definition) is 4. The lowest BCUT2D eigenvalue weighted by Gasteiger charge is -2.01. The van der Waals surface area contributed by atoms with Crippen molar-refractivity contribution in [2.75, 3.05) is 7.11 Å². The van der Waals surface area contributed by atoms with Crippen LogP contribution in [0.3, 0.4) is 0 Å². The van der Waals surface area contributed by atoms with Crippen LogP contribution in [-0.2, 0) is 6.54 Å². The minimum Gasteiger partial charge on any atom is -0.497 e. The van der Waals surface area contributed by atoms with Gasteiger partial charge in [0.1, 0.15) is 17.5 Å². The fraction of sp³-hybridized carbons (Fsp3) is 0.250. The molecule has 0 atom stereocenters. The van der Waals surface area contributed by atoms with Gasteiger partial charge in [-0.2, -0.15) is 5.26 Å². The van der Waals surface area contributed by atoms with E-state index in [2.05, 4.69) is 4.98 Å². The van der Waals surface area contributed by atoms with E-state index in [1.54, 1.807) is 12.1 Å². The predicted molar refractivity (Wildman–Crippen MR) is 43.4 cm³/mol. The number of aromatic nitrogens is 1. The molecule has 0 bridgehead atoms. The molecule has 4 heteroatoms.